The van der Waals surface area contributed by atoms with E-state index in [1.54, 1.807) is 12.0 Å². The van der Waals surface area contributed by atoms with E-state index in [-0.39, 0.29) is 0 Å². The number of carbonyl (C=O) groups excluding carboxylic acids is 2. The van der Waals surface area contributed by atoms with Crippen molar-refractivity contribution in [2.75, 3.05) is 20.2 Å². The maximum Gasteiger partial charge on any atom is 0.311 e. The van der Waals surface area contributed by atoms with Gasteiger partial charge < -0.3 is 15.0 Å². The first-order chi connectivity index (χ1) is 10.1. The molecule has 0 saturated carbocycles. The molecule has 1 fully saturated rings. The summed E-state index contributed by atoms with van der Waals surface area (Å²) in [7, 11) is 1.61. The van der Waals surface area contributed by atoms with Crippen molar-refractivity contribution in [2.24, 2.45) is 5.92 Å². The largest absolute Gasteiger partial charge is 0.497 e. The molecule has 1 aromatic rings. The van der Waals surface area contributed by atoms with Gasteiger partial charge in [-0.05, 0) is 36.5 Å². The van der Waals surface area contributed by atoms with Gasteiger partial charge in [0, 0.05) is 19.6 Å². The van der Waals surface area contributed by atoms with E-state index in [4.69, 9.17) is 4.74 Å². The van der Waals surface area contributed by atoms with Crippen molar-refractivity contribution < 1.29 is 14.3 Å². The molecule has 1 saturated heterocycles. The monoisotopic (exact) mass is 290 g/mol. The van der Waals surface area contributed by atoms with E-state index in [1.165, 1.54) is 0 Å². The van der Waals surface area contributed by atoms with Gasteiger partial charge in [0.2, 0.25) is 0 Å². The molecule has 1 aliphatic heterocycles. The molecule has 1 atom stereocenters. The van der Waals surface area contributed by atoms with Crippen molar-refractivity contribution in [3.05, 3.63) is 29.8 Å². The molecule has 114 valence electrons. The number of ether oxygens (including phenoxy) is 1. The number of likely N-dealkylation sites (tertiary alicyclic amines) is 1. The lowest BCUT2D eigenvalue weighted by Crippen LogP contribution is -2.46. The smallest absolute Gasteiger partial charge is 0.311 e. The number of rotatable bonds is 3. The first kappa shape index (κ1) is 15.4. The van der Waals surface area contributed by atoms with Crippen molar-refractivity contribution in [1.29, 1.82) is 0 Å². The lowest BCUT2D eigenvalue weighted by atomic mass is 10.0. The van der Waals surface area contributed by atoms with E-state index in [0.29, 0.717) is 25.6 Å². The molecular formula is C16H22N2O3. The van der Waals surface area contributed by atoms with Crippen LogP contribution in [0.25, 0.3) is 0 Å². The number of nitrogens with zero attached hydrogens (tertiary/aromatic N) is 1. The minimum absolute atomic E-state index is 0.345. The van der Waals surface area contributed by atoms with E-state index in [1.807, 2.05) is 24.3 Å². The number of hydrogen-bond acceptors (Lipinski definition) is 3. The van der Waals surface area contributed by atoms with Gasteiger partial charge in [0.1, 0.15) is 5.75 Å². The van der Waals surface area contributed by atoms with Gasteiger partial charge in [-0.15, -0.1) is 0 Å². The Morgan fingerprint density at radius 1 is 1.33 bits per heavy atom. The Labute approximate surface area is 125 Å². The van der Waals surface area contributed by atoms with Gasteiger partial charge in [0.15, 0.2) is 0 Å². The van der Waals surface area contributed by atoms with Crippen LogP contribution in [0.5, 0.6) is 5.75 Å². The molecule has 1 heterocycles. The molecule has 0 bridgehead atoms. The van der Waals surface area contributed by atoms with Crippen LogP contribution in [0.2, 0.25) is 0 Å². The third-order valence-electron chi connectivity index (χ3n) is 3.75. The molecule has 2 rings (SSSR count). The van der Waals surface area contributed by atoms with Crippen LogP contribution in [-0.4, -0.2) is 36.9 Å². The van der Waals surface area contributed by atoms with Crippen LogP contribution >= 0.6 is 0 Å². The highest BCUT2D eigenvalue weighted by Gasteiger charge is 2.25. The average Bonchev–Trinajstić information content (AvgIpc) is 2.52. The van der Waals surface area contributed by atoms with E-state index >= 15 is 0 Å². The summed E-state index contributed by atoms with van der Waals surface area (Å²) in [5, 5.41) is 2.68. The number of nitrogens with one attached hydrogen (secondary N) is 1. The second kappa shape index (κ2) is 7.11. The summed E-state index contributed by atoms with van der Waals surface area (Å²) in [4.78, 5) is 25.6. The summed E-state index contributed by atoms with van der Waals surface area (Å²) in [6, 6.07) is 7.39. The Balaban J connectivity index is 1.84. The molecular weight excluding hydrogens is 268 g/mol. The quantitative estimate of drug-likeness (QED) is 0.860. The molecule has 21 heavy (non-hydrogen) atoms. The number of methoxy groups -OCH3 is 1. The number of hydrogen-bond donors (Lipinski definition) is 1. The minimum atomic E-state index is -0.528. The molecule has 1 N–H and O–H groups in total. The van der Waals surface area contributed by atoms with E-state index in [2.05, 4.69) is 12.2 Å². The molecule has 1 aliphatic rings. The standard InChI is InChI=1S/C16H22N2O3/c1-12-4-3-9-18(11-12)16(20)15(19)17-10-13-5-7-14(21-2)8-6-13/h5-8,12H,3-4,9-11H2,1-2H3,(H,17,19). The molecule has 0 radical (unpaired) electrons. The summed E-state index contributed by atoms with van der Waals surface area (Å²) < 4.78 is 5.07. The Hall–Kier alpha value is -2.04. The van der Waals surface area contributed by atoms with Crippen LogP contribution in [0.4, 0.5) is 0 Å². The van der Waals surface area contributed by atoms with Crippen molar-refractivity contribution in [3.8, 4) is 5.75 Å². The molecule has 0 aromatic heterocycles. The Kier molecular flexibility index (Phi) is 5.20. The van der Waals surface area contributed by atoms with Gasteiger partial charge in [0.25, 0.3) is 0 Å². The zero-order valence-electron chi connectivity index (χ0n) is 12.6. The van der Waals surface area contributed by atoms with E-state index in [9.17, 15) is 9.59 Å². The number of benzene rings is 1. The molecule has 5 heteroatoms. The summed E-state index contributed by atoms with van der Waals surface area (Å²) >= 11 is 0. The lowest BCUT2D eigenvalue weighted by molar-refractivity contribution is -0.147. The topological polar surface area (TPSA) is 58.6 Å². The highest BCUT2D eigenvalue weighted by molar-refractivity contribution is 6.34. The molecule has 5 nitrogen and oxygen atoms in total. The second-order valence-corrected chi connectivity index (χ2v) is 5.53. The minimum Gasteiger partial charge on any atom is -0.497 e. The van der Waals surface area contributed by atoms with Gasteiger partial charge in [0.05, 0.1) is 7.11 Å². The van der Waals surface area contributed by atoms with Crippen molar-refractivity contribution >= 4 is 11.8 Å². The zero-order chi connectivity index (χ0) is 15.2. The van der Waals surface area contributed by atoms with Gasteiger partial charge in [-0.3, -0.25) is 9.59 Å². The second-order valence-electron chi connectivity index (χ2n) is 5.53. The van der Waals surface area contributed by atoms with Crippen LogP contribution in [0.1, 0.15) is 25.3 Å². The van der Waals surface area contributed by atoms with E-state index < -0.39 is 11.8 Å². The number of piperidine rings is 1. The lowest BCUT2D eigenvalue weighted by Gasteiger charge is -2.30. The first-order valence-corrected chi connectivity index (χ1v) is 7.30. The first-order valence-electron chi connectivity index (χ1n) is 7.30. The van der Waals surface area contributed by atoms with Crippen LogP contribution in [0, 0.1) is 5.92 Å². The average molecular weight is 290 g/mol. The van der Waals surface area contributed by atoms with Crippen LogP contribution in [0.3, 0.4) is 0 Å². The molecule has 0 aliphatic carbocycles. The fraction of sp³-hybridized carbons (Fsp3) is 0.500. The Bertz CT molecular complexity index is 499. The fourth-order valence-corrected chi connectivity index (χ4v) is 2.52. The molecule has 1 unspecified atom stereocenters. The fourth-order valence-electron chi connectivity index (χ4n) is 2.52. The summed E-state index contributed by atoms with van der Waals surface area (Å²) in [5.74, 6) is 0.288. The zero-order valence-corrected chi connectivity index (χ0v) is 12.6. The number of carbonyl (C=O) groups is 2. The van der Waals surface area contributed by atoms with Crippen molar-refractivity contribution in [3.63, 3.8) is 0 Å². The van der Waals surface area contributed by atoms with Crippen molar-refractivity contribution in [2.45, 2.75) is 26.3 Å². The van der Waals surface area contributed by atoms with Crippen molar-refractivity contribution in [1.82, 2.24) is 10.2 Å². The highest BCUT2D eigenvalue weighted by atomic mass is 16.5. The number of amides is 2. The maximum absolute atomic E-state index is 12.1. The normalized spacial score (nSPS) is 18.2. The van der Waals surface area contributed by atoms with Crippen LogP contribution in [0.15, 0.2) is 24.3 Å². The predicted molar refractivity (Wildman–Crippen MR) is 79.8 cm³/mol. The maximum atomic E-state index is 12.1. The van der Waals surface area contributed by atoms with Crippen LogP contribution in [-0.2, 0) is 16.1 Å². The molecule has 1 aromatic carbocycles. The SMILES string of the molecule is COc1ccc(CNC(=O)C(=O)N2CCCC(C)C2)cc1. The third kappa shape index (κ3) is 4.21. The van der Waals surface area contributed by atoms with E-state index in [0.717, 1.165) is 24.2 Å². The Morgan fingerprint density at radius 2 is 2.05 bits per heavy atom. The van der Waals surface area contributed by atoms with Gasteiger partial charge >= 0.3 is 11.8 Å². The molecule has 0 spiro atoms. The van der Waals surface area contributed by atoms with Gasteiger partial charge in [-0.25, -0.2) is 0 Å². The van der Waals surface area contributed by atoms with Gasteiger partial charge in [-0.2, -0.15) is 0 Å². The third-order valence-corrected chi connectivity index (χ3v) is 3.75. The predicted octanol–water partition coefficient (Wildman–Crippen LogP) is 1.57. The summed E-state index contributed by atoms with van der Waals surface area (Å²) in [5.41, 5.74) is 0.934. The summed E-state index contributed by atoms with van der Waals surface area (Å²) in [6.07, 6.45) is 2.09. The van der Waals surface area contributed by atoms with Gasteiger partial charge in [-0.1, -0.05) is 19.1 Å². The summed E-state index contributed by atoms with van der Waals surface area (Å²) in [6.45, 7) is 3.81. The highest BCUT2D eigenvalue weighted by Crippen LogP contribution is 2.15. The Morgan fingerprint density at radius 3 is 2.67 bits per heavy atom. The van der Waals surface area contributed by atoms with Crippen LogP contribution < -0.4 is 10.1 Å². The molecule has 2 amide bonds.